The first-order valence-electron chi connectivity index (χ1n) is 5.87. The highest BCUT2D eigenvalue weighted by Gasteiger charge is 2.17. The van der Waals surface area contributed by atoms with Gasteiger partial charge in [-0.1, -0.05) is 18.2 Å². The number of aromatic nitrogens is 1. The highest BCUT2D eigenvalue weighted by Crippen LogP contribution is 2.29. The van der Waals surface area contributed by atoms with Crippen molar-refractivity contribution >= 4 is 11.1 Å². The second-order valence-corrected chi connectivity index (χ2v) is 4.49. The molecule has 0 bridgehead atoms. The molecule has 0 N–H and O–H groups in total. The zero-order valence-electron chi connectivity index (χ0n) is 9.44. The van der Waals surface area contributed by atoms with Crippen LogP contribution in [0.15, 0.2) is 34.8 Å². The lowest BCUT2D eigenvalue weighted by molar-refractivity contribution is 0.477. The maximum Gasteiger partial charge on any atom is 0.202 e. The van der Waals surface area contributed by atoms with Gasteiger partial charge in [-0.15, -0.1) is 0 Å². The quantitative estimate of drug-likeness (QED) is 0.670. The number of nitrogens with zero attached hydrogens (tertiary/aromatic N) is 1. The number of aryl methyl sites for hydroxylation is 1. The summed E-state index contributed by atoms with van der Waals surface area (Å²) < 4.78 is 5.80. The Morgan fingerprint density at radius 3 is 3.12 bits per heavy atom. The maximum atomic E-state index is 5.80. The number of hydrogen-bond donors (Lipinski definition) is 0. The molecule has 1 aromatic heterocycles. The van der Waals surface area contributed by atoms with Crippen LogP contribution in [0.3, 0.4) is 0 Å². The van der Waals surface area contributed by atoms with Crippen LogP contribution < -0.4 is 0 Å². The molecule has 0 aliphatic heterocycles. The van der Waals surface area contributed by atoms with E-state index in [-0.39, 0.29) is 0 Å². The molecule has 82 valence electrons. The summed E-state index contributed by atoms with van der Waals surface area (Å²) in [4.78, 5) is 4.58. The van der Waals surface area contributed by atoms with Crippen LogP contribution in [0, 0.1) is 6.92 Å². The van der Waals surface area contributed by atoms with E-state index in [9.17, 15) is 0 Å². The van der Waals surface area contributed by atoms with Gasteiger partial charge in [0.2, 0.25) is 5.89 Å². The molecular formula is C14H15NO. The third kappa shape index (κ3) is 1.64. The van der Waals surface area contributed by atoms with E-state index in [1.807, 2.05) is 6.07 Å². The van der Waals surface area contributed by atoms with Crippen LogP contribution in [-0.4, -0.2) is 4.98 Å². The summed E-state index contributed by atoms with van der Waals surface area (Å²) in [5.74, 6) is 1.25. The molecule has 0 saturated heterocycles. The number of oxazole rings is 1. The first-order valence-corrected chi connectivity index (χ1v) is 5.87. The molecule has 1 aliphatic rings. The zero-order chi connectivity index (χ0) is 11.0. The molecule has 0 amide bonds. The molecule has 2 nitrogen and oxygen atoms in total. The number of benzene rings is 1. The second-order valence-electron chi connectivity index (χ2n) is 4.49. The lowest BCUT2D eigenvalue weighted by Crippen LogP contribution is -1.98. The van der Waals surface area contributed by atoms with Gasteiger partial charge in [0.05, 0.1) is 5.92 Å². The molecular weight excluding hydrogens is 198 g/mol. The summed E-state index contributed by atoms with van der Waals surface area (Å²) in [5.41, 5.74) is 3.11. The number of hydrogen-bond acceptors (Lipinski definition) is 2. The summed E-state index contributed by atoms with van der Waals surface area (Å²) in [6.07, 6.45) is 8.03. The lowest BCUT2D eigenvalue weighted by Gasteiger charge is -2.11. The number of rotatable bonds is 1. The van der Waals surface area contributed by atoms with Gasteiger partial charge in [0.25, 0.3) is 0 Å². The SMILES string of the molecule is Cc1ccc2oc(C3C=CCCC3)nc2c1. The van der Waals surface area contributed by atoms with Crippen LogP contribution in [0.1, 0.15) is 36.6 Å². The van der Waals surface area contributed by atoms with E-state index >= 15 is 0 Å². The molecule has 0 saturated carbocycles. The highest BCUT2D eigenvalue weighted by atomic mass is 16.3. The molecule has 1 aliphatic carbocycles. The van der Waals surface area contributed by atoms with Crippen LogP contribution in [0.25, 0.3) is 11.1 Å². The fourth-order valence-corrected chi connectivity index (χ4v) is 2.23. The normalized spacial score (nSPS) is 20.4. The minimum atomic E-state index is 0.376. The minimum absolute atomic E-state index is 0.376. The molecule has 0 radical (unpaired) electrons. The van der Waals surface area contributed by atoms with Crippen molar-refractivity contribution in [1.82, 2.24) is 4.98 Å². The summed E-state index contributed by atoms with van der Waals surface area (Å²) in [7, 11) is 0. The van der Waals surface area contributed by atoms with Crippen LogP contribution >= 0.6 is 0 Å². The van der Waals surface area contributed by atoms with Crippen molar-refractivity contribution in [3.63, 3.8) is 0 Å². The van der Waals surface area contributed by atoms with Gasteiger partial charge in [0, 0.05) is 0 Å². The van der Waals surface area contributed by atoms with Gasteiger partial charge in [0.15, 0.2) is 5.58 Å². The summed E-state index contributed by atoms with van der Waals surface area (Å²) in [6, 6.07) is 6.15. The molecule has 3 rings (SSSR count). The van der Waals surface area contributed by atoms with E-state index in [0.717, 1.165) is 23.4 Å². The smallest absolute Gasteiger partial charge is 0.202 e. The first kappa shape index (κ1) is 9.64. The molecule has 1 aromatic carbocycles. The lowest BCUT2D eigenvalue weighted by atomic mass is 9.96. The molecule has 1 heterocycles. The predicted molar refractivity (Wildman–Crippen MR) is 64.5 cm³/mol. The van der Waals surface area contributed by atoms with Gasteiger partial charge in [-0.3, -0.25) is 0 Å². The van der Waals surface area contributed by atoms with Crippen molar-refractivity contribution < 1.29 is 4.42 Å². The first-order chi connectivity index (χ1) is 7.83. The number of allylic oxidation sites excluding steroid dienone is 2. The Labute approximate surface area is 95.0 Å². The van der Waals surface area contributed by atoms with Crippen molar-refractivity contribution in [2.75, 3.05) is 0 Å². The van der Waals surface area contributed by atoms with E-state index in [2.05, 4.69) is 36.2 Å². The van der Waals surface area contributed by atoms with Crippen molar-refractivity contribution in [2.24, 2.45) is 0 Å². The third-order valence-electron chi connectivity index (χ3n) is 3.13. The minimum Gasteiger partial charge on any atom is -0.440 e. The molecule has 16 heavy (non-hydrogen) atoms. The van der Waals surface area contributed by atoms with E-state index in [1.54, 1.807) is 0 Å². The van der Waals surface area contributed by atoms with Crippen molar-refractivity contribution in [1.29, 1.82) is 0 Å². The van der Waals surface area contributed by atoms with Gasteiger partial charge in [-0.05, 0) is 43.9 Å². The van der Waals surface area contributed by atoms with Crippen LogP contribution in [0.5, 0.6) is 0 Å². The zero-order valence-corrected chi connectivity index (χ0v) is 9.44. The molecule has 0 spiro atoms. The maximum absolute atomic E-state index is 5.80. The van der Waals surface area contributed by atoms with Gasteiger partial charge < -0.3 is 4.42 Å². The average Bonchev–Trinajstić information content (AvgIpc) is 2.73. The topological polar surface area (TPSA) is 26.0 Å². The van der Waals surface area contributed by atoms with Crippen molar-refractivity contribution in [2.45, 2.75) is 32.1 Å². The third-order valence-corrected chi connectivity index (χ3v) is 3.13. The highest BCUT2D eigenvalue weighted by molar-refractivity contribution is 5.73. The fraction of sp³-hybridized carbons (Fsp3) is 0.357. The predicted octanol–water partition coefficient (Wildman–Crippen LogP) is 3.96. The number of fused-ring (bicyclic) bond motifs is 1. The molecule has 1 atom stereocenters. The van der Waals surface area contributed by atoms with Gasteiger partial charge in [-0.25, -0.2) is 4.98 Å². The largest absolute Gasteiger partial charge is 0.440 e. The van der Waals surface area contributed by atoms with Crippen LogP contribution in [-0.2, 0) is 0 Å². The molecule has 1 unspecified atom stereocenters. The van der Waals surface area contributed by atoms with Crippen molar-refractivity contribution in [3.05, 3.63) is 41.8 Å². The second kappa shape index (κ2) is 3.78. The Morgan fingerprint density at radius 2 is 2.31 bits per heavy atom. The molecule has 0 fully saturated rings. The van der Waals surface area contributed by atoms with Gasteiger partial charge >= 0.3 is 0 Å². The van der Waals surface area contributed by atoms with Gasteiger partial charge in [0.1, 0.15) is 5.52 Å². The van der Waals surface area contributed by atoms with E-state index in [1.165, 1.54) is 18.4 Å². The summed E-state index contributed by atoms with van der Waals surface area (Å²) >= 11 is 0. The Hall–Kier alpha value is -1.57. The molecule has 2 aromatic rings. The molecule has 2 heteroatoms. The Bertz CT molecular complexity index is 539. The Balaban J connectivity index is 2.04. The van der Waals surface area contributed by atoms with Crippen LogP contribution in [0.2, 0.25) is 0 Å². The van der Waals surface area contributed by atoms with E-state index < -0.39 is 0 Å². The summed E-state index contributed by atoms with van der Waals surface area (Å²) in [5, 5.41) is 0. The standard InChI is InChI=1S/C14H15NO/c1-10-7-8-13-12(9-10)15-14(16-13)11-5-3-2-4-6-11/h3,5,7-9,11H,2,4,6H2,1H3. The van der Waals surface area contributed by atoms with Gasteiger partial charge in [-0.2, -0.15) is 0 Å². The Kier molecular flexibility index (Phi) is 2.28. The van der Waals surface area contributed by atoms with E-state index in [4.69, 9.17) is 4.42 Å². The summed E-state index contributed by atoms with van der Waals surface area (Å²) in [6.45, 7) is 2.08. The van der Waals surface area contributed by atoms with Crippen molar-refractivity contribution in [3.8, 4) is 0 Å². The van der Waals surface area contributed by atoms with Crippen LogP contribution in [0.4, 0.5) is 0 Å². The average molecular weight is 213 g/mol. The Morgan fingerprint density at radius 1 is 1.38 bits per heavy atom. The van der Waals surface area contributed by atoms with E-state index in [0.29, 0.717) is 5.92 Å². The monoisotopic (exact) mass is 213 g/mol. The fourth-order valence-electron chi connectivity index (χ4n) is 2.23.